The van der Waals surface area contributed by atoms with Crippen LogP contribution in [-0.4, -0.2) is 49.6 Å². The maximum Gasteiger partial charge on any atom is 0.250 e. The third kappa shape index (κ3) is 3.34. The second-order valence-corrected chi connectivity index (χ2v) is 5.93. The van der Waals surface area contributed by atoms with Crippen LogP contribution in [0.1, 0.15) is 12.0 Å². The summed E-state index contributed by atoms with van der Waals surface area (Å²) in [6.45, 7) is 2.60. The van der Waals surface area contributed by atoms with Crippen molar-refractivity contribution in [1.29, 1.82) is 0 Å². The Morgan fingerprint density at radius 2 is 2.10 bits per heavy atom. The number of benzene rings is 1. The highest BCUT2D eigenvalue weighted by molar-refractivity contribution is 5.94. The van der Waals surface area contributed by atoms with Crippen molar-refractivity contribution in [3.8, 4) is 0 Å². The van der Waals surface area contributed by atoms with Crippen LogP contribution < -0.4 is 10.6 Å². The number of nitrogens with one attached hydrogen (secondary N) is 2. The molecule has 0 aliphatic carbocycles. The van der Waals surface area contributed by atoms with Crippen LogP contribution in [0, 0.1) is 0 Å². The summed E-state index contributed by atoms with van der Waals surface area (Å²) in [5.74, 6) is 0.158. The van der Waals surface area contributed by atoms with Gasteiger partial charge in [-0.05, 0) is 18.4 Å². The number of likely N-dealkylation sites (N-methyl/N-ethyl adjacent to an activating group) is 1. The average molecular weight is 285 g/mol. The van der Waals surface area contributed by atoms with E-state index < -0.39 is 0 Å². The van der Waals surface area contributed by atoms with Crippen LogP contribution in [0.3, 0.4) is 0 Å². The molecule has 4 heteroatoms. The number of amides is 1. The molecule has 2 bridgehead atoms. The Morgan fingerprint density at radius 3 is 2.90 bits per heavy atom. The quantitative estimate of drug-likeness (QED) is 0.865. The Labute approximate surface area is 126 Å². The van der Waals surface area contributed by atoms with Crippen LogP contribution in [0.5, 0.6) is 0 Å². The van der Waals surface area contributed by atoms with E-state index in [0.29, 0.717) is 6.04 Å². The molecule has 1 aromatic carbocycles. The summed E-state index contributed by atoms with van der Waals surface area (Å²) in [4.78, 5) is 14.5. The smallest absolute Gasteiger partial charge is 0.250 e. The van der Waals surface area contributed by atoms with Crippen molar-refractivity contribution in [3.63, 3.8) is 0 Å². The fraction of sp³-hybridized carbons (Fsp3) is 0.471. The molecule has 112 valence electrons. The van der Waals surface area contributed by atoms with Crippen molar-refractivity contribution in [2.45, 2.75) is 24.9 Å². The standard InChI is InChI=1S/C17H23N3O/c1-20(10-9-13-5-3-2-4-6-13)17(21)15-8-7-14-11-18-12-16(15)19-14/h2-6,8,14,16,18-19H,7,9-12H2,1H3. The lowest BCUT2D eigenvalue weighted by atomic mass is 9.93. The summed E-state index contributed by atoms with van der Waals surface area (Å²) in [5, 5.41) is 6.93. The first-order chi connectivity index (χ1) is 10.2. The number of nitrogens with zero attached hydrogens (tertiary/aromatic N) is 1. The summed E-state index contributed by atoms with van der Waals surface area (Å²) < 4.78 is 0. The van der Waals surface area contributed by atoms with Gasteiger partial charge in [0.15, 0.2) is 0 Å². The zero-order chi connectivity index (χ0) is 14.7. The number of hydrogen-bond donors (Lipinski definition) is 2. The first-order valence-electron chi connectivity index (χ1n) is 7.70. The largest absolute Gasteiger partial charge is 0.342 e. The van der Waals surface area contributed by atoms with E-state index in [4.69, 9.17) is 0 Å². The Balaban J connectivity index is 1.59. The van der Waals surface area contributed by atoms with Crippen LogP contribution in [0.2, 0.25) is 0 Å². The molecular formula is C17H23N3O. The van der Waals surface area contributed by atoms with Gasteiger partial charge in [-0.2, -0.15) is 0 Å². The number of rotatable bonds is 4. The molecule has 2 heterocycles. The van der Waals surface area contributed by atoms with Gasteiger partial charge in [0, 0.05) is 38.3 Å². The van der Waals surface area contributed by atoms with E-state index in [2.05, 4.69) is 28.8 Å². The van der Waals surface area contributed by atoms with Gasteiger partial charge >= 0.3 is 0 Å². The van der Waals surface area contributed by atoms with Crippen molar-refractivity contribution in [3.05, 3.63) is 47.5 Å². The molecule has 1 saturated heterocycles. The highest BCUT2D eigenvalue weighted by Gasteiger charge is 2.31. The van der Waals surface area contributed by atoms with Crippen LogP contribution in [0.15, 0.2) is 42.0 Å². The molecule has 2 aliphatic rings. The molecule has 0 aromatic heterocycles. The fourth-order valence-electron chi connectivity index (χ4n) is 3.07. The molecule has 4 nitrogen and oxygen atoms in total. The molecule has 2 unspecified atom stereocenters. The summed E-state index contributed by atoms with van der Waals surface area (Å²) in [6.07, 6.45) is 3.97. The zero-order valence-electron chi connectivity index (χ0n) is 12.5. The predicted molar refractivity (Wildman–Crippen MR) is 84.1 cm³/mol. The Bertz CT molecular complexity index is 526. The maximum atomic E-state index is 12.6. The number of carbonyl (C=O) groups excluding carboxylic acids is 1. The first-order valence-corrected chi connectivity index (χ1v) is 7.70. The minimum Gasteiger partial charge on any atom is -0.342 e. The van der Waals surface area contributed by atoms with Crippen LogP contribution in [-0.2, 0) is 11.2 Å². The molecule has 2 N–H and O–H groups in total. The third-order valence-electron chi connectivity index (χ3n) is 4.35. The van der Waals surface area contributed by atoms with Crippen LogP contribution in [0.25, 0.3) is 0 Å². The molecule has 2 atom stereocenters. The van der Waals surface area contributed by atoms with Gasteiger partial charge in [0.2, 0.25) is 0 Å². The molecule has 3 rings (SSSR count). The first kappa shape index (κ1) is 14.3. The summed E-state index contributed by atoms with van der Waals surface area (Å²) in [7, 11) is 1.90. The Morgan fingerprint density at radius 1 is 1.29 bits per heavy atom. The van der Waals surface area contributed by atoms with Gasteiger partial charge in [0.05, 0.1) is 6.04 Å². The molecule has 0 radical (unpaired) electrons. The van der Waals surface area contributed by atoms with Gasteiger partial charge in [0.1, 0.15) is 0 Å². The van der Waals surface area contributed by atoms with Gasteiger partial charge in [0.25, 0.3) is 5.91 Å². The van der Waals surface area contributed by atoms with E-state index in [1.54, 1.807) is 0 Å². The van der Waals surface area contributed by atoms with Crippen molar-refractivity contribution in [1.82, 2.24) is 15.5 Å². The Kier molecular flexibility index (Phi) is 4.36. The molecule has 1 amide bonds. The molecular weight excluding hydrogens is 262 g/mol. The monoisotopic (exact) mass is 285 g/mol. The lowest BCUT2D eigenvalue weighted by molar-refractivity contribution is -0.126. The average Bonchev–Trinajstić information content (AvgIpc) is 2.53. The van der Waals surface area contributed by atoms with E-state index in [9.17, 15) is 4.79 Å². The third-order valence-corrected chi connectivity index (χ3v) is 4.35. The Hall–Kier alpha value is -1.65. The molecule has 2 aliphatic heterocycles. The normalized spacial score (nSPS) is 24.3. The predicted octanol–water partition coefficient (Wildman–Crippen LogP) is 0.948. The molecule has 0 spiro atoms. The van der Waals surface area contributed by atoms with Crippen LogP contribution >= 0.6 is 0 Å². The molecule has 1 aromatic rings. The van der Waals surface area contributed by atoms with Gasteiger partial charge in [-0.3, -0.25) is 4.79 Å². The zero-order valence-corrected chi connectivity index (χ0v) is 12.5. The SMILES string of the molecule is CN(CCc1ccccc1)C(=O)C1=CCC2CNCC1N2. The highest BCUT2D eigenvalue weighted by Crippen LogP contribution is 2.18. The summed E-state index contributed by atoms with van der Waals surface area (Å²) >= 11 is 0. The number of fused-ring (bicyclic) bond motifs is 2. The van der Waals surface area contributed by atoms with Crippen molar-refractivity contribution in [2.75, 3.05) is 26.7 Å². The van der Waals surface area contributed by atoms with E-state index in [1.807, 2.05) is 30.1 Å². The minimum absolute atomic E-state index is 0.158. The van der Waals surface area contributed by atoms with Gasteiger partial charge in [-0.15, -0.1) is 0 Å². The van der Waals surface area contributed by atoms with Crippen molar-refractivity contribution < 1.29 is 4.79 Å². The molecule has 21 heavy (non-hydrogen) atoms. The second kappa shape index (κ2) is 6.41. The summed E-state index contributed by atoms with van der Waals surface area (Å²) in [5.41, 5.74) is 2.20. The highest BCUT2D eigenvalue weighted by atomic mass is 16.2. The summed E-state index contributed by atoms with van der Waals surface area (Å²) in [6, 6.07) is 11.0. The molecule has 0 saturated carbocycles. The van der Waals surface area contributed by atoms with Crippen molar-refractivity contribution >= 4 is 5.91 Å². The van der Waals surface area contributed by atoms with E-state index in [-0.39, 0.29) is 11.9 Å². The van der Waals surface area contributed by atoms with Gasteiger partial charge in [-0.1, -0.05) is 36.4 Å². The van der Waals surface area contributed by atoms with E-state index in [0.717, 1.165) is 38.0 Å². The van der Waals surface area contributed by atoms with E-state index >= 15 is 0 Å². The number of hydrogen-bond acceptors (Lipinski definition) is 3. The fourth-order valence-corrected chi connectivity index (χ4v) is 3.07. The second-order valence-electron chi connectivity index (χ2n) is 5.93. The van der Waals surface area contributed by atoms with E-state index in [1.165, 1.54) is 5.56 Å². The lowest BCUT2D eigenvalue weighted by Crippen LogP contribution is -2.59. The number of carbonyl (C=O) groups is 1. The number of piperazine rings is 1. The van der Waals surface area contributed by atoms with Crippen LogP contribution in [0.4, 0.5) is 0 Å². The minimum atomic E-state index is 0.158. The molecule has 1 fully saturated rings. The van der Waals surface area contributed by atoms with Gasteiger partial charge in [-0.25, -0.2) is 0 Å². The van der Waals surface area contributed by atoms with Gasteiger partial charge < -0.3 is 15.5 Å². The van der Waals surface area contributed by atoms with Crippen molar-refractivity contribution in [2.24, 2.45) is 0 Å². The lowest BCUT2D eigenvalue weighted by Gasteiger charge is -2.37. The topological polar surface area (TPSA) is 44.4 Å². The maximum absolute atomic E-state index is 12.6.